The van der Waals surface area contributed by atoms with Gasteiger partial charge in [-0.1, -0.05) is 220 Å². The molecule has 0 fully saturated rings. The molecule has 0 spiro atoms. The highest BCUT2D eigenvalue weighted by Gasteiger charge is 2.40. The van der Waals surface area contributed by atoms with Crippen molar-refractivity contribution in [3.05, 3.63) is 216 Å². The lowest BCUT2D eigenvalue weighted by molar-refractivity contribution is 0.332. The van der Waals surface area contributed by atoms with Crippen LogP contribution in [0.4, 0.5) is 28.4 Å². The predicted molar refractivity (Wildman–Crippen MR) is 382 cm³/mol. The minimum atomic E-state index is -0.0359. The van der Waals surface area contributed by atoms with E-state index in [1.807, 2.05) is 12.1 Å². The van der Waals surface area contributed by atoms with Gasteiger partial charge in [0.05, 0.1) is 0 Å². The number of hydrogen-bond acceptors (Lipinski definition) is 3. The second-order valence-corrected chi connectivity index (χ2v) is 34.0. The van der Waals surface area contributed by atoms with Gasteiger partial charge in [0, 0.05) is 53.7 Å². The molecule has 0 unspecified atom stereocenters. The van der Waals surface area contributed by atoms with E-state index >= 15 is 0 Å². The van der Waals surface area contributed by atoms with Gasteiger partial charge in [-0.05, 0) is 245 Å². The number of furan rings is 1. The van der Waals surface area contributed by atoms with Gasteiger partial charge in [-0.25, -0.2) is 0 Å². The maximum absolute atomic E-state index is 6.79. The van der Waals surface area contributed by atoms with Crippen LogP contribution in [0.5, 0.6) is 0 Å². The van der Waals surface area contributed by atoms with Gasteiger partial charge in [0.2, 0.25) is 0 Å². The number of fused-ring (bicyclic) bond motifs is 8. The van der Waals surface area contributed by atoms with Gasteiger partial charge < -0.3 is 14.6 Å². The van der Waals surface area contributed by atoms with Gasteiger partial charge in [-0.3, -0.25) is 0 Å². The van der Waals surface area contributed by atoms with Gasteiger partial charge in [0.25, 0.3) is 0 Å². The number of hydrogen-bond donors (Lipinski definition) is 1. The van der Waals surface area contributed by atoms with Crippen molar-refractivity contribution in [1.29, 1.82) is 0 Å². The number of anilines is 5. The van der Waals surface area contributed by atoms with Crippen molar-refractivity contribution in [3.8, 4) is 11.1 Å². The van der Waals surface area contributed by atoms with Crippen LogP contribution in [0.2, 0.25) is 10.0 Å². The molecule has 3 aliphatic carbocycles. The Morgan fingerprint density at radius 1 is 0.391 bits per heavy atom. The van der Waals surface area contributed by atoms with E-state index in [1.165, 1.54) is 86.7 Å². The summed E-state index contributed by atoms with van der Waals surface area (Å²) in [5, 5.41) is 7.49. The zero-order valence-electron chi connectivity index (χ0n) is 55.9. The monoisotopic (exact) mass is 1260 g/mol. The molecule has 456 valence electrons. The number of halogens is 3. The van der Waals surface area contributed by atoms with Crippen molar-refractivity contribution in [3.63, 3.8) is 0 Å². The molecular formula is C81H95BrCl2N2O. The minimum absolute atomic E-state index is 0.0359. The second kappa shape index (κ2) is 22.9. The minimum Gasteiger partial charge on any atom is -0.456 e. The lowest BCUT2D eigenvalue weighted by Crippen LogP contribution is -2.34. The molecule has 12 rings (SSSR count). The number of nitrogens with zero attached hydrogens (tertiary/aromatic N) is 1. The SMILES string of the molecule is CC(C)(C)c1cc(Cl)cc(Br)c1.CC(C)(C)c1ccc(N(c2cc(Cl)cc(C(C)(C)C)c2)c2ccc3oc4cc5c(cc4c3c2)C(C)(C)CCC5(C)C)cc1.CC(C)(C)c1ccc(Nc2ccc3c(c2)-c2cc4c(cc2C3)C(C)(C)CCC4(C)C)cc1. The standard InChI is InChI=1S/C40H46ClNO.C31H37N.C10H12BrCl/c1-37(2,3)25-11-13-28(14-12-25)42(30-20-26(38(4,5)6)19-27(41)21-30)29-15-16-35-31(22-29)32-23-33-34(24-36(32)43-35)40(9,10)18-17-39(33,7)8;1-29(2,3)22-9-12-23(13-10-22)32-24-11-8-20-16-21-17-27-28(19-26(21)25(20)18-24)31(6,7)15-14-30(27,4)5;1-10(2,3)7-4-8(11)6-9(12)5-7/h11-16,19-24H,17-18H2,1-10H3;8-13,17-19,32H,14-16H2,1-7H3;4-6H,1-3H3. The van der Waals surface area contributed by atoms with Crippen LogP contribution in [0.25, 0.3) is 33.1 Å². The largest absolute Gasteiger partial charge is 0.456 e. The zero-order chi connectivity index (χ0) is 63.4. The Bertz CT molecular complexity index is 4030. The molecule has 3 aliphatic rings. The van der Waals surface area contributed by atoms with E-state index in [1.54, 1.807) is 11.1 Å². The number of nitrogens with one attached hydrogen (secondary N) is 1. The van der Waals surface area contributed by atoms with Crippen LogP contribution in [0.1, 0.15) is 220 Å². The molecule has 0 aliphatic heterocycles. The summed E-state index contributed by atoms with van der Waals surface area (Å²) in [5.74, 6) is 0. The van der Waals surface area contributed by atoms with Crippen LogP contribution in [0.15, 0.2) is 154 Å². The van der Waals surface area contributed by atoms with Crippen molar-refractivity contribution in [1.82, 2.24) is 0 Å². The highest BCUT2D eigenvalue weighted by Crippen LogP contribution is 2.52. The molecule has 0 amide bonds. The third-order valence-corrected chi connectivity index (χ3v) is 20.2. The van der Waals surface area contributed by atoms with E-state index in [0.29, 0.717) is 0 Å². The highest BCUT2D eigenvalue weighted by atomic mass is 79.9. The first kappa shape index (κ1) is 64.2. The number of benzene rings is 8. The molecule has 3 nitrogen and oxygen atoms in total. The first-order valence-corrected chi connectivity index (χ1v) is 33.2. The summed E-state index contributed by atoms with van der Waals surface area (Å²) in [5.41, 5.74) is 25.5. The van der Waals surface area contributed by atoms with Crippen LogP contribution in [0.3, 0.4) is 0 Å². The Labute approximate surface area is 541 Å². The first-order chi connectivity index (χ1) is 40.3. The van der Waals surface area contributed by atoms with Gasteiger partial charge in [-0.2, -0.15) is 0 Å². The van der Waals surface area contributed by atoms with E-state index < -0.39 is 0 Å². The Hall–Kier alpha value is -5.78. The van der Waals surface area contributed by atoms with Crippen molar-refractivity contribution in [2.45, 2.75) is 214 Å². The normalized spacial score (nSPS) is 16.4. The maximum Gasteiger partial charge on any atom is 0.135 e. The molecule has 0 saturated heterocycles. The van der Waals surface area contributed by atoms with Gasteiger partial charge in [0.15, 0.2) is 0 Å². The van der Waals surface area contributed by atoms with Crippen molar-refractivity contribution >= 4 is 89.5 Å². The lowest BCUT2D eigenvalue weighted by Gasteiger charge is -2.42. The summed E-state index contributed by atoms with van der Waals surface area (Å²) in [6, 6.07) is 53.6. The Morgan fingerprint density at radius 2 is 0.839 bits per heavy atom. The Kier molecular flexibility index (Phi) is 16.9. The molecule has 0 saturated carbocycles. The third-order valence-electron chi connectivity index (χ3n) is 19.3. The van der Waals surface area contributed by atoms with Crippen molar-refractivity contribution in [2.75, 3.05) is 10.2 Å². The van der Waals surface area contributed by atoms with Crippen LogP contribution >= 0.6 is 39.1 Å². The maximum atomic E-state index is 6.79. The molecule has 6 heteroatoms. The number of rotatable bonds is 5. The second-order valence-electron chi connectivity index (χ2n) is 32.3. The fourth-order valence-electron chi connectivity index (χ4n) is 13.2. The molecule has 1 N–H and O–H groups in total. The molecule has 9 aromatic rings. The molecule has 87 heavy (non-hydrogen) atoms. The summed E-state index contributed by atoms with van der Waals surface area (Å²) < 4.78 is 7.56. The molecule has 0 atom stereocenters. The van der Waals surface area contributed by atoms with Crippen LogP contribution < -0.4 is 10.2 Å². The molecule has 1 heterocycles. The smallest absolute Gasteiger partial charge is 0.135 e. The molecule has 0 bridgehead atoms. The first-order valence-electron chi connectivity index (χ1n) is 31.7. The summed E-state index contributed by atoms with van der Waals surface area (Å²) in [6.45, 7) is 45.9. The van der Waals surface area contributed by atoms with E-state index in [0.717, 1.165) is 65.9 Å². The topological polar surface area (TPSA) is 28.4 Å². The summed E-state index contributed by atoms with van der Waals surface area (Å²) in [7, 11) is 0. The molecule has 8 aromatic carbocycles. The predicted octanol–water partition coefficient (Wildman–Crippen LogP) is 25.7. The third kappa shape index (κ3) is 13.6. The van der Waals surface area contributed by atoms with Gasteiger partial charge in [0.1, 0.15) is 11.2 Å². The zero-order valence-corrected chi connectivity index (χ0v) is 59.0. The highest BCUT2D eigenvalue weighted by molar-refractivity contribution is 9.10. The fraction of sp³-hybridized carbons (Fsp3) is 0.407. The quantitative estimate of drug-likeness (QED) is 0.186. The summed E-state index contributed by atoms with van der Waals surface area (Å²) in [4.78, 5) is 2.33. The van der Waals surface area contributed by atoms with E-state index in [-0.39, 0.29) is 43.3 Å². The summed E-state index contributed by atoms with van der Waals surface area (Å²) >= 11 is 16.1. The van der Waals surface area contributed by atoms with E-state index in [2.05, 4.69) is 298 Å². The molecular weight excluding hydrogens is 1170 g/mol. The Morgan fingerprint density at radius 3 is 1.38 bits per heavy atom. The van der Waals surface area contributed by atoms with Crippen molar-refractivity contribution < 1.29 is 4.42 Å². The van der Waals surface area contributed by atoms with E-state index in [4.69, 9.17) is 27.6 Å². The van der Waals surface area contributed by atoms with Crippen LogP contribution in [-0.2, 0) is 49.7 Å². The Balaban J connectivity index is 0.000000166. The molecule has 1 aromatic heterocycles. The van der Waals surface area contributed by atoms with Crippen LogP contribution in [0, 0.1) is 0 Å². The van der Waals surface area contributed by atoms with Gasteiger partial charge >= 0.3 is 0 Å². The van der Waals surface area contributed by atoms with E-state index in [9.17, 15) is 0 Å². The summed E-state index contributed by atoms with van der Waals surface area (Å²) in [6.07, 6.45) is 5.94. The average molecular weight is 1260 g/mol. The fourth-order valence-corrected chi connectivity index (χ4v) is 14.3. The average Bonchev–Trinajstić information content (AvgIpc) is 1.80. The molecule has 0 radical (unpaired) electrons. The lowest BCUT2D eigenvalue weighted by atomic mass is 9.62. The van der Waals surface area contributed by atoms with Gasteiger partial charge in [-0.15, -0.1) is 0 Å². The van der Waals surface area contributed by atoms with Crippen LogP contribution in [-0.4, -0.2) is 0 Å². The van der Waals surface area contributed by atoms with Crippen molar-refractivity contribution in [2.24, 2.45) is 0 Å².